The second-order valence-electron chi connectivity index (χ2n) is 1.91. The fourth-order valence-electron chi connectivity index (χ4n) is 0.603. The van der Waals surface area contributed by atoms with Crippen LogP contribution >= 0.6 is 27.5 Å². The van der Waals surface area contributed by atoms with Crippen LogP contribution in [-0.4, -0.2) is 14.8 Å². The third kappa shape index (κ3) is 2.20. The first-order chi connectivity index (χ1) is 5.09. The Labute approximate surface area is 77.2 Å². The fraction of sp³-hybridized carbons (Fsp3) is 0.200. The van der Waals surface area contributed by atoms with Crippen LogP contribution in [0.3, 0.4) is 0 Å². The fourth-order valence-corrected chi connectivity index (χ4v) is 1.10. The zero-order chi connectivity index (χ0) is 8.43. The third-order valence-electron chi connectivity index (χ3n) is 0.964. The van der Waals surface area contributed by atoms with Gasteiger partial charge in [0.2, 0.25) is 5.95 Å². The maximum atomic E-state index is 5.55. The Morgan fingerprint density at radius 2 is 2.45 bits per heavy atom. The lowest BCUT2D eigenvalue weighted by Gasteiger charge is -1.96. The molecule has 0 atom stereocenters. The van der Waals surface area contributed by atoms with Crippen LogP contribution in [0.2, 0.25) is 0 Å². The summed E-state index contributed by atoms with van der Waals surface area (Å²) >= 11 is 8.70. The van der Waals surface area contributed by atoms with E-state index in [9.17, 15) is 0 Å². The molecule has 0 unspecified atom stereocenters. The summed E-state index contributed by atoms with van der Waals surface area (Å²) in [4.78, 5) is 3.81. The molecule has 0 aliphatic heterocycles. The maximum Gasteiger partial charge on any atom is 0.240 e. The Kier molecular flexibility index (Phi) is 2.51. The van der Waals surface area contributed by atoms with Gasteiger partial charge in [-0.05, 0) is 15.9 Å². The molecular formula is C5H6BrClN4. The minimum absolute atomic E-state index is 0.217. The van der Waals surface area contributed by atoms with Gasteiger partial charge in [-0.15, -0.1) is 5.10 Å². The van der Waals surface area contributed by atoms with Gasteiger partial charge in [-0.2, -0.15) is 4.98 Å². The Hall–Kier alpha value is -0.550. The molecule has 0 radical (unpaired) electrons. The molecule has 1 rings (SSSR count). The number of hydrogen-bond acceptors (Lipinski definition) is 3. The number of aromatic nitrogens is 3. The van der Waals surface area contributed by atoms with E-state index in [0.717, 1.165) is 0 Å². The number of nitrogens with zero attached hydrogens (tertiary/aromatic N) is 3. The number of anilines is 1. The largest absolute Gasteiger partial charge is 0.366 e. The summed E-state index contributed by atoms with van der Waals surface area (Å²) in [7, 11) is 0. The lowest BCUT2D eigenvalue weighted by molar-refractivity contribution is 0.678. The molecule has 0 amide bonds. The third-order valence-corrected chi connectivity index (χ3v) is 1.67. The number of hydrogen-bond donors (Lipinski definition) is 1. The van der Waals surface area contributed by atoms with Crippen LogP contribution < -0.4 is 5.73 Å². The molecule has 60 valence electrons. The van der Waals surface area contributed by atoms with Crippen LogP contribution in [0.25, 0.3) is 0 Å². The van der Waals surface area contributed by atoms with Crippen molar-refractivity contribution in [3.8, 4) is 0 Å². The smallest absolute Gasteiger partial charge is 0.240 e. The Morgan fingerprint density at radius 3 is 2.82 bits per heavy atom. The van der Waals surface area contributed by atoms with E-state index in [0.29, 0.717) is 16.3 Å². The van der Waals surface area contributed by atoms with Gasteiger partial charge in [0.05, 0.1) is 6.54 Å². The second kappa shape index (κ2) is 3.23. The van der Waals surface area contributed by atoms with Crippen molar-refractivity contribution in [1.29, 1.82) is 0 Å². The van der Waals surface area contributed by atoms with Crippen molar-refractivity contribution in [2.45, 2.75) is 6.54 Å². The van der Waals surface area contributed by atoms with Gasteiger partial charge in [0, 0.05) is 5.03 Å². The van der Waals surface area contributed by atoms with Crippen molar-refractivity contribution in [3.05, 3.63) is 16.3 Å². The summed E-state index contributed by atoms with van der Waals surface area (Å²) in [5.41, 5.74) is 5.31. The van der Waals surface area contributed by atoms with Gasteiger partial charge in [-0.25, -0.2) is 4.68 Å². The van der Waals surface area contributed by atoms with E-state index in [1.165, 1.54) is 4.68 Å². The first-order valence-electron chi connectivity index (χ1n) is 2.78. The first kappa shape index (κ1) is 8.55. The van der Waals surface area contributed by atoms with E-state index in [4.69, 9.17) is 17.3 Å². The van der Waals surface area contributed by atoms with Crippen LogP contribution in [0.4, 0.5) is 5.95 Å². The van der Waals surface area contributed by atoms with E-state index in [-0.39, 0.29) is 5.95 Å². The van der Waals surface area contributed by atoms with Crippen LogP contribution in [0.1, 0.15) is 0 Å². The molecule has 2 N–H and O–H groups in total. The topological polar surface area (TPSA) is 56.7 Å². The molecule has 1 aromatic heterocycles. The second-order valence-corrected chi connectivity index (χ2v) is 3.16. The summed E-state index contributed by atoms with van der Waals surface area (Å²) in [6, 6.07) is 0. The molecule has 0 fully saturated rings. The summed E-state index contributed by atoms with van der Waals surface area (Å²) in [6.07, 6.45) is 0. The molecule has 0 aliphatic carbocycles. The van der Waals surface area contributed by atoms with Crippen molar-refractivity contribution in [1.82, 2.24) is 14.8 Å². The lowest BCUT2D eigenvalue weighted by atomic mass is 10.6. The minimum Gasteiger partial charge on any atom is -0.366 e. The van der Waals surface area contributed by atoms with Crippen LogP contribution in [0, 0.1) is 0 Å². The monoisotopic (exact) mass is 236 g/mol. The molecule has 1 aromatic rings. The average molecular weight is 237 g/mol. The Morgan fingerprint density at radius 1 is 1.82 bits per heavy atom. The van der Waals surface area contributed by atoms with Gasteiger partial charge in [0.25, 0.3) is 0 Å². The molecular weight excluding hydrogens is 231 g/mol. The van der Waals surface area contributed by atoms with Crippen molar-refractivity contribution in [2.24, 2.45) is 0 Å². The van der Waals surface area contributed by atoms with Gasteiger partial charge in [0.1, 0.15) is 0 Å². The normalized spacial score (nSPS) is 10.0. The molecule has 0 aliphatic rings. The van der Waals surface area contributed by atoms with E-state index in [1.807, 2.05) is 0 Å². The van der Waals surface area contributed by atoms with Gasteiger partial charge in [-0.1, -0.05) is 18.2 Å². The molecule has 0 saturated heterocycles. The van der Waals surface area contributed by atoms with Gasteiger partial charge < -0.3 is 5.73 Å². The SMILES string of the molecule is C=C(Cl)Cn1nc(N)nc1Br. The van der Waals surface area contributed by atoms with E-state index >= 15 is 0 Å². The molecule has 0 saturated carbocycles. The number of nitrogens with two attached hydrogens (primary N) is 1. The quantitative estimate of drug-likeness (QED) is 0.845. The van der Waals surface area contributed by atoms with Gasteiger partial charge >= 0.3 is 0 Å². The molecule has 0 bridgehead atoms. The highest BCUT2D eigenvalue weighted by molar-refractivity contribution is 9.10. The first-order valence-corrected chi connectivity index (χ1v) is 3.96. The highest BCUT2D eigenvalue weighted by atomic mass is 79.9. The summed E-state index contributed by atoms with van der Waals surface area (Å²) in [6.45, 7) is 3.93. The van der Waals surface area contributed by atoms with E-state index < -0.39 is 0 Å². The summed E-state index contributed by atoms with van der Waals surface area (Å²) in [5, 5.41) is 4.32. The van der Waals surface area contributed by atoms with Gasteiger partial charge in [-0.3, -0.25) is 0 Å². The van der Waals surface area contributed by atoms with Crippen LogP contribution in [0.5, 0.6) is 0 Å². The number of nitrogen functional groups attached to an aromatic ring is 1. The zero-order valence-electron chi connectivity index (χ0n) is 5.59. The van der Waals surface area contributed by atoms with Crippen molar-refractivity contribution < 1.29 is 0 Å². The number of allylic oxidation sites excluding steroid dienone is 1. The Balaban J connectivity index is 2.85. The molecule has 1 heterocycles. The summed E-state index contributed by atoms with van der Waals surface area (Å²) < 4.78 is 2.07. The Bertz CT molecular complexity index is 282. The number of halogens is 2. The highest BCUT2D eigenvalue weighted by Gasteiger charge is 2.03. The predicted molar refractivity (Wildman–Crippen MR) is 47.1 cm³/mol. The molecule has 4 nitrogen and oxygen atoms in total. The van der Waals surface area contributed by atoms with Crippen LogP contribution in [0.15, 0.2) is 16.3 Å². The standard InChI is InChI=1S/C5H6BrClN4/c1-3(7)2-11-4(6)9-5(8)10-11/h1-2H2,(H2,8,10). The summed E-state index contributed by atoms with van der Waals surface area (Å²) in [5.74, 6) is 0.217. The van der Waals surface area contributed by atoms with Gasteiger partial charge in [0.15, 0.2) is 4.73 Å². The molecule has 0 aromatic carbocycles. The predicted octanol–water partition coefficient (Wildman–Crippen LogP) is 1.38. The highest BCUT2D eigenvalue weighted by Crippen LogP contribution is 2.10. The zero-order valence-corrected chi connectivity index (χ0v) is 7.93. The van der Waals surface area contributed by atoms with Crippen molar-refractivity contribution in [2.75, 3.05) is 5.73 Å². The van der Waals surface area contributed by atoms with Crippen molar-refractivity contribution in [3.63, 3.8) is 0 Å². The maximum absolute atomic E-state index is 5.55. The van der Waals surface area contributed by atoms with E-state index in [1.54, 1.807) is 0 Å². The van der Waals surface area contributed by atoms with Crippen molar-refractivity contribution >= 4 is 33.5 Å². The minimum atomic E-state index is 0.217. The molecule has 11 heavy (non-hydrogen) atoms. The molecule has 0 spiro atoms. The van der Waals surface area contributed by atoms with Crippen LogP contribution in [-0.2, 0) is 6.54 Å². The lowest BCUT2D eigenvalue weighted by Crippen LogP contribution is -2.00. The number of rotatable bonds is 2. The average Bonchev–Trinajstić information content (AvgIpc) is 2.09. The van der Waals surface area contributed by atoms with E-state index in [2.05, 4.69) is 32.6 Å². The molecule has 6 heteroatoms.